The Balaban J connectivity index is 0.000000279. The van der Waals surface area contributed by atoms with E-state index in [2.05, 4.69) is 92.4 Å². The van der Waals surface area contributed by atoms with Gasteiger partial charge in [-0.05, 0) is 53.8 Å². The van der Waals surface area contributed by atoms with Crippen LogP contribution in [0.3, 0.4) is 0 Å². The molecule has 0 bridgehead atoms. The number of aromatic nitrogens is 1. The fraction of sp³-hybridized carbons (Fsp3) is 0.302. The molecule has 51 heavy (non-hydrogen) atoms. The molecule has 0 fully saturated rings. The maximum atomic E-state index is 14.0. The summed E-state index contributed by atoms with van der Waals surface area (Å²) in [5, 5.41) is 13.1. The summed E-state index contributed by atoms with van der Waals surface area (Å²) in [5.41, 5.74) is 2.52. The molecule has 6 rings (SSSR count). The van der Waals surface area contributed by atoms with Crippen molar-refractivity contribution in [2.75, 3.05) is 0 Å². The number of aliphatic hydroxyl groups is 1. The van der Waals surface area contributed by atoms with Crippen LogP contribution in [0.5, 0.6) is 11.5 Å². The van der Waals surface area contributed by atoms with Crippen LogP contribution in [0.4, 0.5) is 8.78 Å². The van der Waals surface area contributed by atoms with Gasteiger partial charge in [0.05, 0.1) is 8.07 Å². The van der Waals surface area contributed by atoms with Crippen LogP contribution in [0.25, 0.3) is 44.3 Å². The van der Waals surface area contributed by atoms with E-state index in [-0.39, 0.29) is 45.8 Å². The molecule has 0 atom stereocenters. The van der Waals surface area contributed by atoms with Crippen molar-refractivity contribution in [3.05, 3.63) is 109 Å². The predicted molar refractivity (Wildman–Crippen MR) is 205 cm³/mol. The van der Waals surface area contributed by atoms with Gasteiger partial charge in [0.25, 0.3) is 0 Å². The van der Waals surface area contributed by atoms with Gasteiger partial charge in [-0.15, -0.1) is 23.8 Å². The maximum absolute atomic E-state index is 14.0. The number of hydrogen-bond donors (Lipinski definition) is 1. The second-order valence-electron chi connectivity index (χ2n) is 13.8. The van der Waals surface area contributed by atoms with Crippen molar-refractivity contribution in [2.24, 2.45) is 0 Å². The summed E-state index contributed by atoms with van der Waals surface area (Å²) in [7, 11) is -1.42. The summed E-state index contributed by atoms with van der Waals surface area (Å²) in [6.07, 6.45) is 2.89. The molecule has 0 spiro atoms. The van der Waals surface area contributed by atoms with Crippen molar-refractivity contribution in [1.82, 2.24) is 4.98 Å². The third-order valence-corrected chi connectivity index (χ3v) is 11.9. The van der Waals surface area contributed by atoms with Gasteiger partial charge < -0.3 is 14.8 Å². The van der Waals surface area contributed by atoms with Crippen LogP contribution in [0.15, 0.2) is 103 Å². The minimum absolute atomic E-state index is 0. The number of para-hydroxylation sites is 1. The number of ether oxygens (including phenoxy) is 1. The number of fused-ring (bicyclic) bond motifs is 7. The van der Waals surface area contributed by atoms with E-state index in [0.717, 1.165) is 44.7 Å². The van der Waals surface area contributed by atoms with E-state index in [4.69, 9.17) is 9.72 Å². The molecule has 1 aliphatic rings. The first-order chi connectivity index (χ1) is 23.8. The number of hydrogen-bond acceptors (Lipinski definition) is 4. The molecule has 1 aliphatic heterocycles. The zero-order valence-corrected chi connectivity index (χ0v) is 33.8. The first-order valence-corrected chi connectivity index (χ1v) is 20.9. The first-order valence-electron chi connectivity index (χ1n) is 17.4. The number of rotatable bonds is 9. The maximum Gasteiger partial charge on any atom is 0.196 e. The monoisotopic (exact) mass is 883 g/mol. The topological polar surface area (TPSA) is 59.4 Å². The van der Waals surface area contributed by atoms with Crippen molar-refractivity contribution in [3.63, 3.8) is 0 Å². The molecule has 0 saturated heterocycles. The number of ketones is 1. The number of pyridine rings is 1. The number of alkyl halides is 2. The second kappa shape index (κ2) is 16.1. The third-order valence-electron chi connectivity index (χ3n) is 9.83. The fourth-order valence-electron chi connectivity index (χ4n) is 6.22. The molecule has 0 aliphatic carbocycles. The molecule has 1 aromatic heterocycles. The predicted octanol–water partition coefficient (Wildman–Crippen LogP) is 11.7. The van der Waals surface area contributed by atoms with Crippen molar-refractivity contribution in [1.29, 1.82) is 0 Å². The van der Waals surface area contributed by atoms with Gasteiger partial charge in [-0.25, -0.2) is 8.78 Å². The number of aliphatic hydroxyl groups excluding tert-OH is 1. The molecule has 1 N–H and O–H groups in total. The molecule has 4 nitrogen and oxygen atoms in total. The second-order valence-corrected chi connectivity index (χ2v) is 18.9. The molecule has 0 saturated carbocycles. The van der Waals surface area contributed by atoms with Crippen LogP contribution in [0.2, 0.25) is 19.6 Å². The molecule has 2 heterocycles. The summed E-state index contributed by atoms with van der Waals surface area (Å²) in [4.78, 5) is 16.5. The van der Waals surface area contributed by atoms with Crippen LogP contribution in [-0.2, 0) is 24.9 Å². The van der Waals surface area contributed by atoms with E-state index in [9.17, 15) is 18.7 Å². The Labute approximate surface area is 315 Å². The third kappa shape index (κ3) is 8.09. The SMILES string of the molecule is CCC(F)(CC)C(=O)/C=C(\O)C(F)(CC)CC.C[Si](C)(C)c1ccc(-c2[c-]ccc3ccc4c(c23)Oc2ccccc2-c2ccccc2-4)nc1.[Ir]. The normalized spacial score (nSPS) is 12.6. The zero-order chi connectivity index (χ0) is 36.3. The molecule has 269 valence electrons. The van der Waals surface area contributed by atoms with Gasteiger partial charge >= 0.3 is 0 Å². The molecular formula is C43H46F2IrNO3Si-. The van der Waals surface area contributed by atoms with Crippen LogP contribution in [0.1, 0.15) is 53.4 Å². The smallest absolute Gasteiger partial charge is 0.196 e. The Morgan fingerprint density at radius 3 is 1.96 bits per heavy atom. The van der Waals surface area contributed by atoms with Gasteiger partial charge in [0, 0.05) is 43.5 Å². The number of carbonyl (C=O) groups excluding carboxylic acids is 1. The Morgan fingerprint density at radius 2 is 1.39 bits per heavy atom. The molecular weight excluding hydrogens is 837 g/mol. The van der Waals surface area contributed by atoms with Crippen LogP contribution in [0, 0.1) is 6.07 Å². The largest absolute Gasteiger partial charge is 0.509 e. The van der Waals surface area contributed by atoms with Crippen molar-refractivity contribution >= 4 is 29.8 Å². The number of halogens is 2. The molecule has 0 amide bonds. The van der Waals surface area contributed by atoms with E-state index in [1.807, 2.05) is 24.4 Å². The van der Waals surface area contributed by atoms with Crippen molar-refractivity contribution in [3.8, 4) is 45.0 Å². The minimum Gasteiger partial charge on any atom is -0.509 e. The van der Waals surface area contributed by atoms with Crippen LogP contribution >= 0.6 is 0 Å². The molecule has 4 aromatic carbocycles. The molecule has 5 aromatic rings. The number of nitrogens with zero attached hydrogens (tertiary/aromatic N) is 1. The summed E-state index contributed by atoms with van der Waals surface area (Å²) in [6, 6.07) is 33.1. The average Bonchev–Trinajstić information content (AvgIpc) is 3.28. The van der Waals surface area contributed by atoms with Gasteiger partial charge in [-0.3, -0.25) is 4.79 Å². The van der Waals surface area contributed by atoms with Gasteiger partial charge in [0.15, 0.2) is 17.1 Å². The number of allylic oxidation sites excluding steroid dienone is 2. The summed E-state index contributed by atoms with van der Waals surface area (Å²) in [6.45, 7) is 13.3. The Kier molecular flexibility index (Phi) is 12.6. The quantitative estimate of drug-likeness (QED) is 0.0680. The Morgan fingerprint density at radius 1 is 0.804 bits per heavy atom. The molecule has 1 radical (unpaired) electrons. The van der Waals surface area contributed by atoms with E-state index in [0.29, 0.717) is 6.08 Å². The van der Waals surface area contributed by atoms with Gasteiger partial charge in [-0.2, -0.15) is 0 Å². The summed E-state index contributed by atoms with van der Waals surface area (Å²) >= 11 is 0. The Hall–Kier alpha value is -3.97. The number of benzene rings is 4. The van der Waals surface area contributed by atoms with Crippen LogP contribution in [-0.4, -0.2) is 35.3 Å². The van der Waals surface area contributed by atoms with Crippen molar-refractivity contribution in [2.45, 2.75) is 84.4 Å². The average molecular weight is 883 g/mol. The zero-order valence-electron chi connectivity index (χ0n) is 30.4. The van der Waals surface area contributed by atoms with Gasteiger partial charge in [0.2, 0.25) is 0 Å². The van der Waals surface area contributed by atoms with E-state index >= 15 is 0 Å². The molecule has 0 unspecified atom stereocenters. The van der Waals surface area contributed by atoms with Crippen LogP contribution < -0.4 is 9.92 Å². The molecule has 8 heteroatoms. The standard InChI is InChI=1S/C30H24NOSi.C13H22F2O2.Ir/c1-33(2,3)21-16-18-27(31-19-21)26-13-8-9-20-15-17-25-23-11-5-4-10-22(23)24-12-6-7-14-28(24)32-30(25)29(20)26;1-5-12(14,6-2)10(16)9-11(17)13(15,7-3)8-4;/h4-12,14-19H,1-3H3;9,16H,5-8H2,1-4H3;/q-1;;/b;10-9-;. The Bertz CT molecular complexity index is 2030. The van der Waals surface area contributed by atoms with Gasteiger partial charge in [0.1, 0.15) is 17.3 Å². The first kappa shape index (κ1) is 39.8. The minimum atomic E-state index is -2.00. The van der Waals surface area contributed by atoms with E-state index < -0.39 is 31.0 Å². The summed E-state index contributed by atoms with van der Waals surface area (Å²) in [5.74, 6) is 0.209. The number of carbonyl (C=O) groups is 1. The summed E-state index contributed by atoms with van der Waals surface area (Å²) < 4.78 is 34.7. The fourth-order valence-corrected chi connectivity index (χ4v) is 7.26. The van der Waals surface area contributed by atoms with E-state index in [1.165, 1.54) is 16.3 Å². The van der Waals surface area contributed by atoms with Crippen molar-refractivity contribution < 1.29 is 43.5 Å². The van der Waals surface area contributed by atoms with E-state index in [1.54, 1.807) is 27.7 Å². The van der Waals surface area contributed by atoms with Gasteiger partial charge in [-0.1, -0.05) is 125 Å².